The van der Waals surface area contributed by atoms with Crippen LogP contribution in [0, 0.1) is 5.41 Å². The lowest BCUT2D eigenvalue weighted by atomic mass is 9.73. The molecule has 1 aromatic rings. The molecule has 86 valence electrons. The van der Waals surface area contributed by atoms with E-state index in [4.69, 9.17) is 0 Å². The van der Waals surface area contributed by atoms with Gasteiger partial charge in [-0.2, -0.15) is 0 Å². The summed E-state index contributed by atoms with van der Waals surface area (Å²) in [5, 5.41) is 3.61. The normalized spacial score (nSPS) is 27.7. The first-order valence-electron chi connectivity index (χ1n) is 6.26. The van der Waals surface area contributed by atoms with Gasteiger partial charge in [0, 0.05) is 23.5 Å². The van der Waals surface area contributed by atoms with Gasteiger partial charge in [-0.05, 0) is 36.0 Å². The van der Waals surface area contributed by atoms with Crippen molar-refractivity contribution in [3.05, 3.63) is 34.3 Å². The number of rotatable bonds is 1. The molecule has 2 aliphatic rings. The molecular weight excluding hydrogens is 262 g/mol. The van der Waals surface area contributed by atoms with Gasteiger partial charge in [0.25, 0.3) is 0 Å². The molecule has 1 unspecified atom stereocenters. The van der Waals surface area contributed by atoms with Crippen LogP contribution in [0.5, 0.6) is 0 Å². The zero-order valence-electron chi connectivity index (χ0n) is 9.51. The van der Waals surface area contributed by atoms with Crippen molar-refractivity contribution >= 4 is 15.9 Å². The van der Waals surface area contributed by atoms with Crippen LogP contribution in [-0.2, 0) is 0 Å². The summed E-state index contributed by atoms with van der Waals surface area (Å²) in [5.41, 5.74) is 2.09. The molecule has 3 rings (SSSR count). The van der Waals surface area contributed by atoms with Gasteiger partial charge in [0.15, 0.2) is 0 Å². The zero-order valence-corrected chi connectivity index (χ0v) is 11.1. The molecule has 1 saturated heterocycles. The number of hydrogen-bond donors (Lipinski definition) is 1. The summed E-state index contributed by atoms with van der Waals surface area (Å²) in [5.74, 6) is 0.729. The molecule has 1 aromatic carbocycles. The Morgan fingerprint density at radius 2 is 2.06 bits per heavy atom. The van der Waals surface area contributed by atoms with E-state index in [1.165, 1.54) is 42.3 Å². The van der Waals surface area contributed by atoms with Crippen LogP contribution >= 0.6 is 15.9 Å². The standard InChI is InChI=1S/C14H18BrN/c15-12-5-3-4-11(8-12)13-9-16-10-14(13)6-1-2-7-14/h3-5,8,13,16H,1-2,6-7,9-10H2. The lowest BCUT2D eigenvalue weighted by molar-refractivity contribution is 0.295. The highest BCUT2D eigenvalue weighted by atomic mass is 79.9. The molecular formula is C14H18BrN. The molecule has 0 amide bonds. The summed E-state index contributed by atoms with van der Waals surface area (Å²) in [4.78, 5) is 0. The first kappa shape index (κ1) is 10.8. The smallest absolute Gasteiger partial charge is 0.0178 e. The van der Waals surface area contributed by atoms with Gasteiger partial charge in [-0.1, -0.05) is 40.9 Å². The summed E-state index contributed by atoms with van der Waals surface area (Å²) < 4.78 is 1.21. The Labute approximate surface area is 106 Å². The summed E-state index contributed by atoms with van der Waals surface area (Å²) >= 11 is 3.59. The largest absolute Gasteiger partial charge is 0.316 e. The average Bonchev–Trinajstić information content (AvgIpc) is 2.90. The molecule has 1 heterocycles. The molecule has 0 radical (unpaired) electrons. The van der Waals surface area contributed by atoms with Crippen molar-refractivity contribution in [2.45, 2.75) is 31.6 Å². The van der Waals surface area contributed by atoms with E-state index in [1.807, 2.05) is 0 Å². The lowest BCUT2D eigenvalue weighted by Gasteiger charge is -2.30. The first-order valence-corrected chi connectivity index (χ1v) is 7.06. The van der Waals surface area contributed by atoms with E-state index in [-0.39, 0.29) is 0 Å². The third kappa shape index (κ3) is 1.72. The van der Waals surface area contributed by atoms with Gasteiger partial charge in [0.2, 0.25) is 0 Å². The minimum Gasteiger partial charge on any atom is -0.316 e. The number of halogens is 1. The fourth-order valence-electron chi connectivity index (χ4n) is 3.60. The van der Waals surface area contributed by atoms with Gasteiger partial charge in [0.05, 0.1) is 0 Å². The van der Waals surface area contributed by atoms with Crippen LogP contribution in [0.4, 0.5) is 0 Å². The summed E-state index contributed by atoms with van der Waals surface area (Å²) in [6.45, 7) is 2.39. The van der Waals surface area contributed by atoms with Gasteiger partial charge in [-0.3, -0.25) is 0 Å². The van der Waals surface area contributed by atoms with Crippen molar-refractivity contribution in [2.24, 2.45) is 5.41 Å². The van der Waals surface area contributed by atoms with E-state index < -0.39 is 0 Å². The predicted octanol–water partition coefficient (Wildman–Crippen LogP) is 3.70. The number of nitrogens with one attached hydrogen (secondary N) is 1. The van der Waals surface area contributed by atoms with Crippen LogP contribution in [0.15, 0.2) is 28.7 Å². The third-order valence-electron chi connectivity index (χ3n) is 4.42. The molecule has 1 spiro atoms. The van der Waals surface area contributed by atoms with Crippen LogP contribution in [0.2, 0.25) is 0 Å². The fraction of sp³-hybridized carbons (Fsp3) is 0.571. The van der Waals surface area contributed by atoms with Crippen molar-refractivity contribution in [2.75, 3.05) is 13.1 Å². The van der Waals surface area contributed by atoms with Crippen molar-refractivity contribution in [3.63, 3.8) is 0 Å². The van der Waals surface area contributed by atoms with E-state index in [0.29, 0.717) is 5.41 Å². The van der Waals surface area contributed by atoms with Crippen LogP contribution in [0.25, 0.3) is 0 Å². The van der Waals surface area contributed by atoms with Crippen molar-refractivity contribution < 1.29 is 0 Å². The molecule has 1 nitrogen and oxygen atoms in total. The van der Waals surface area contributed by atoms with Gasteiger partial charge in [-0.15, -0.1) is 0 Å². The molecule has 1 saturated carbocycles. The van der Waals surface area contributed by atoms with Crippen LogP contribution in [0.3, 0.4) is 0 Å². The monoisotopic (exact) mass is 279 g/mol. The maximum absolute atomic E-state index is 3.61. The molecule has 0 aromatic heterocycles. The topological polar surface area (TPSA) is 12.0 Å². The molecule has 2 fully saturated rings. The van der Waals surface area contributed by atoms with Crippen LogP contribution in [0.1, 0.15) is 37.2 Å². The van der Waals surface area contributed by atoms with Crippen molar-refractivity contribution in [1.82, 2.24) is 5.32 Å². The quantitative estimate of drug-likeness (QED) is 0.827. The molecule has 1 aliphatic carbocycles. The molecule has 1 N–H and O–H groups in total. The van der Waals surface area contributed by atoms with Gasteiger partial charge < -0.3 is 5.32 Å². The number of benzene rings is 1. The second-order valence-electron chi connectivity index (χ2n) is 5.31. The Morgan fingerprint density at radius 1 is 1.25 bits per heavy atom. The van der Waals surface area contributed by atoms with Gasteiger partial charge in [0.1, 0.15) is 0 Å². The van der Waals surface area contributed by atoms with E-state index in [2.05, 4.69) is 45.5 Å². The zero-order chi connectivity index (χ0) is 11.0. The minimum atomic E-state index is 0.570. The van der Waals surface area contributed by atoms with E-state index in [1.54, 1.807) is 0 Å². The third-order valence-corrected chi connectivity index (χ3v) is 4.91. The Bertz CT molecular complexity index is 377. The Hall–Kier alpha value is -0.340. The fourth-order valence-corrected chi connectivity index (χ4v) is 4.02. The Kier molecular flexibility index (Phi) is 2.80. The van der Waals surface area contributed by atoms with Crippen molar-refractivity contribution in [1.29, 1.82) is 0 Å². The van der Waals surface area contributed by atoms with E-state index in [0.717, 1.165) is 12.5 Å². The second-order valence-corrected chi connectivity index (χ2v) is 6.22. The molecule has 16 heavy (non-hydrogen) atoms. The molecule has 1 atom stereocenters. The predicted molar refractivity (Wildman–Crippen MR) is 70.7 cm³/mol. The molecule has 0 bridgehead atoms. The maximum Gasteiger partial charge on any atom is 0.0178 e. The highest BCUT2D eigenvalue weighted by Gasteiger charge is 2.45. The van der Waals surface area contributed by atoms with E-state index in [9.17, 15) is 0 Å². The lowest BCUT2D eigenvalue weighted by Crippen LogP contribution is -2.25. The maximum atomic E-state index is 3.61. The molecule has 1 aliphatic heterocycles. The van der Waals surface area contributed by atoms with Crippen LogP contribution in [-0.4, -0.2) is 13.1 Å². The van der Waals surface area contributed by atoms with Crippen molar-refractivity contribution in [3.8, 4) is 0 Å². The summed E-state index contributed by atoms with van der Waals surface area (Å²) in [7, 11) is 0. The molecule has 2 heteroatoms. The highest BCUT2D eigenvalue weighted by Crippen LogP contribution is 2.50. The van der Waals surface area contributed by atoms with Gasteiger partial charge in [-0.25, -0.2) is 0 Å². The first-order chi connectivity index (χ1) is 7.80. The summed E-state index contributed by atoms with van der Waals surface area (Å²) in [6.07, 6.45) is 5.67. The summed E-state index contributed by atoms with van der Waals surface area (Å²) in [6, 6.07) is 8.88. The number of hydrogen-bond acceptors (Lipinski definition) is 1. The van der Waals surface area contributed by atoms with Crippen LogP contribution < -0.4 is 5.32 Å². The highest BCUT2D eigenvalue weighted by molar-refractivity contribution is 9.10. The SMILES string of the molecule is Brc1cccc(C2CNCC23CCCC3)c1. The van der Waals surface area contributed by atoms with E-state index >= 15 is 0 Å². The Balaban J connectivity index is 1.94. The second kappa shape index (κ2) is 4.15. The Morgan fingerprint density at radius 3 is 2.81 bits per heavy atom. The van der Waals surface area contributed by atoms with Gasteiger partial charge >= 0.3 is 0 Å². The minimum absolute atomic E-state index is 0.570. The average molecular weight is 280 g/mol.